The maximum Gasteiger partial charge on any atom is 0.249 e. The number of anilines is 1. The van der Waals surface area contributed by atoms with Crippen LogP contribution in [-0.4, -0.2) is 25.9 Å². The Balaban J connectivity index is 2.58. The molecule has 1 heterocycles. The molecular formula is C8H11BrN4O. The number of amides is 1. The minimum absolute atomic E-state index is 0.159. The maximum absolute atomic E-state index is 11.5. The van der Waals surface area contributed by atoms with Gasteiger partial charge < -0.3 is 0 Å². The lowest BCUT2D eigenvalue weighted by molar-refractivity contribution is -0.116. The van der Waals surface area contributed by atoms with Gasteiger partial charge in [-0.1, -0.05) is 29.8 Å². The molecule has 76 valence electrons. The quantitative estimate of drug-likeness (QED) is 0.829. The summed E-state index contributed by atoms with van der Waals surface area (Å²) in [6, 6.07) is 0. The van der Waals surface area contributed by atoms with E-state index in [0.29, 0.717) is 0 Å². The fourth-order valence-electron chi connectivity index (χ4n) is 0.787. The molecule has 0 aliphatic carbocycles. The number of nitrogens with one attached hydrogen (secondary N) is 1. The van der Waals surface area contributed by atoms with Crippen molar-refractivity contribution in [2.45, 2.75) is 18.7 Å². The lowest BCUT2D eigenvalue weighted by Crippen LogP contribution is -2.27. The van der Waals surface area contributed by atoms with E-state index in [1.54, 1.807) is 0 Å². The van der Waals surface area contributed by atoms with E-state index in [0.717, 1.165) is 0 Å². The second-order valence-corrected chi connectivity index (χ2v) is 4.09. The molecule has 5 nitrogen and oxygen atoms in total. The van der Waals surface area contributed by atoms with Gasteiger partial charge in [0.2, 0.25) is 11.9 Å². The Hall–Kier alpha value is -1.04. The highest BCUT2D eigenvalue weighted by molar-refractivity contribution is 9.10. The van der Waals surface area contributed by atoms with E-state index in [9.17, 15) is 4.79 Å². The van der Waals surface area contributed by atoms with Crippen LogP contribution in [0.3, 0.4) is 0 Å². The summed E-state index contributed by atoms with van der Waals surface area (Å²) in [6.07, 6.45) is 2.92. The first-order valence-electron chi connectivity index (χ1n) is 4.20. The zero-order chi connectivity index (χ0) is 10.6. The van der Waals surface area contributed by atoms with E-state index in [4.69, 9.17) is 0 Å². The van der Waals surface area contributed by atoms with Gasteiger partial charge in [0.1, 0.15) is 0 Å². The predicted molar refractivity (Wildman–Crippen MR) is 56.0 cm³/mol. The monoisotopic (exact) mass is 258 g/mol. The largest absolute Gasteiger partial charge is 0.292 e. The van der Waals surface area contributed by atoms with Crippen molar-refractivity contribution in [3.8, 4) is 0 Å². The molecule has 0 bridgehead atoms. The summed E-state index contributed by atoms with van der Waals surface area (Å²) in [5.74, 6) is 0.280. The minimum atomic E-state index is -0.244. The highest BCUT2D eigenvalue weighted by atomic mass is 79.9. The van der Waals surface area contributed by atoms with Gasteiger partial charge in [0.15, 0.2) is 0 Å². The Labute approximate surface area is 90.5 Å². The average molecular weight is 259 g/mol. The van der Waals surface area contributed by atoms with Crippen molar-refractivity contribution in [1.82, 2.24) is 15.2 Å². The topological polar surface area (TPSA) is 67.8 Å². The van der Waals surface area contributed by atoms with E-state index < -0.39 is 0 Å². The summed E-state index contributed by atoms with van der Waals surface area (Å²) in [5, 5.41) is 9.80. The molecule has 6 heteroatoms. The lowest BCUT2D eigenvalue weighted by Gasteiger charge is -2.11. The summed E-state index contributed by atoms with van der Waals surface area (Å²) in [6.45, 7) is 3.90. The van der Waals surface area contributed by atoms with Crippen LogP contribution in [0.4, 0.5) is 5.95 Å². The van der Waals surface area contributed by atoms with Gasteiger partial charge in [0, 0.05) is 0 Å². The normalized spacial score (nSPS) is 12.6. The molecule has 1 unspecified atom stereocenters. The molecule has 1 atom stereocenters. The van der Waals surface area contributed by atoms with E-state index in [1.807, 2.05) is 13.8 Å². The molecule has 0 saturated carbocycles. The highest BCUT2D eigenvalue weighted by Crippen LogP contribution is 2.13. The van der Waals surface area contributed by atoms with Crippen molar-refractivity contribution >= 4 is 27.8 Å². The van der Waals surface area contributed by atoms with Crippen LogP contribution < -0.4 is 5.32 Å². The fourth-order valence-corrected chi connectivity index (χ4v) is 0.901. The van der Waals surface area contributed by atoms with Gasteiger partial charge in [-0.05, 0) is 5.92 Å². The van der Waals surface area contributed by atoms with Crippen molar-refractivity contribution in [1.29, 1.82) is 0 Å². The summed E-state index contributed by atoms with van der Waals surface area (Å²) in [5.41, 5.74) is 0. The molecule has 1 amide bonds. The van der Waals surface area contributed by atoms with Crippen LogP contribution in [0.15, 0.2) is 12.4 Å². The number of alkyl halides is 1. The van der Waals surface area contributed by atoms with Crippen molar-refractivity contribution in [3.63, 3.8) is 0 Å². The number of carbonyl (C=O) groups is 1. The molecule has 1 aromatic heterocycles. The minimum Gasteiger partial charge on any atom is -0.292 e. The second kappa shape index (κ2) is 4.99. The van der Waals surface area contributed by atoms with E-state index in [-0.39, 0.29) is 22.6 Å². The Morgan fingerprint density at radius 1 is 1.50 bits per heavy atom. The molecular weight excluding hydrogens is 248 g/mol. The van der Waals surface area contributed by atoms with Crippen LogP contribution in [0.25, 0.3) is 0 Å². The van der Waals surface area contributed by atoms with Crippen LogP contribution in [0.2, 0.25) is 0 Å². The second-order valence-electron chi connectivity index (χ2n) is 3.10. The van der Waals surface area contributed by atoms with Crippen LogP contribution in [0.5, 0.6) is 0 Å². The van der Waals surface area contributed by atoms with Gasteiger partial charge >= 0.3 is 0 Å². The summed E-state index contributed by atoms with van der Waals surface area (Å²) >= 11 is 3.28. The van der Waals surface area contributed by atoms with E-state index in [1.165, 1.54) is 12.4 Å². The number of hydrogen-bond donors (Lipinski definition) is 1. The molecule has 0 fully saturated rings. The Kier molecular flexibility index (Phi) is 3.94. The molecule has 14 heavy (non-hydrogen) atoms. The zero-order valence-corrected chi connectivity index (χ0v) is 9.52. The van der Waals surface area contributed by atoms with Crippen LogP contribution in [-0.2, 0) is 4.79 Å². The van der Waals surface area contributed by atoms with Crippen molar-refractivity contribution in [3.05, 3.63) is 12.4 Å². The van der Waals surface area contributed by atoms with Crippen molar-refractivity contribution < 1.29 is 4.79 Å². The van der Waals surface area contributed by atoms with Crippen molar-refractivity contribution in [2.75, 3.05) is 5.32 Å². The van der Waals surface area contributed by atoms with Gasteiger partial charge in [0.25, 0.3) is 0 Å². The SMILES string of the molecule is CC(C)C(Br)C(=O)Nc1nccnn1. The molecule has 0 spiro atoms. The average Bonchev–Trinajstić information content (AvgIpc) is 2.18. The molecule has 0 aliphatic heterocycles. The zero-order valence-electron chi connectivity index (χ0n) is 7.94. The molecule has 0 saturated heterocycles. The Morgan fingerprint density at radius 2 is 2.21 bits per heavy atom. The van der Waals surface area contributed by atoms with Gasteiger partial charge in [-0.25, -0.2) is 4.98 Å². The summed E-state index contributed by atoms with van der Waals surface area (Å²) in [7, 11) is 0. The molecule has 1 aromatic rings. The number of halogens is 1. The van der Waals surface area contributed by atoms with Gasteiger partial charge in [-0.3, -0.25) is 10.1 Å². The summed E-state index contributed by atoms with van der Waals surface area (Å²) < 4.78 is 0. The molecule has 1 rings (SSSR count). The van der Waals surface area contributed by atoms with E-state index in [2.05, 4.69) is 36.4 Å². The number of hydrogen-bond acceptors (Lipinski definition) is 4. The fraction of sp³-hybridized carbons (Fsp3) is 0.500. The molecule has 0 aromatic carbocycles. The van der Waals surface area contributed by atoms with Crippen LogP contribution in [0, 0.1) is 5.92 Å². The number of nitrogens with zero attached hydrogens (tertiary/aromatic N) is 3. The third-order valence-electron chi connectivity index (χ3n) is 1.55. The Bertz CT molecular complexity index is 303. The van der Waals surface area contributed by atoms with Gasteiger partial charge in [0.05, 0.1) is 17.2 Å². The standard InChI is InChI=1S/C8H11BrN4O/c1-5(2)6(9)7(14)12-8-10-3-4-11-13-8/h3-6H,1-2H3,(H,10,12,13,14). The van der Waals surface area contributed by atoms with Crippen molar-refractivity contribution in [2.24, 2.45) is 5.92 Å². The predicted octanol–water partition coefficient (Wildman–Crippen LogP) is 1.23. The first kappa shape index (κ1) is 11.0. The lowest BCUT2D eigenvalue weighted by atomic mass is 10.1. The van der Waals surface area contributed by atoms with Gasteiger partial charge in [-0.15, -0.1) is 5.10 Å². The molecule has 0 radical (unpaired) electrons. The third-order valence-corrected chi connectivity index (χ3v) is 3.03. The Morgan fingerprint density at radius 3 is 2.71 bits per heavy atom. The van der Waals surface area contributed by atoms with E-state index >= 15 is 0 Å². The first-order chi connectivity index (χ1) is 6.61. The summed E-state index contributed by atoms with van der Waals surface area (Å²) in [4.78, 5) is 15.1. The smallest absolute Gasteiger partial charge is 0.249 e. The molecule has 0 aliphatic rings. The first-order valence-corrected chi connectivity index (χ1v) is 5.11. The molecule has 1 N–H and O–H groups in total. The number of rotatable bonds is 3. The van der Waals surface area contributed by atoms with Crippen LogP contribution >= 0.6 is 15.9 Å². The number of carbonyl (C=O) groups excluding carboxylic acids is 1. The highest BCUT2D eigenvalue weighted by Gasteiger charge is 2.19. The van der Waals surface area contributed by atoms with Crippen LogP contribution in [0.1, 0.15) is 13.8 Å². The number of aromatic nitrogens is 3. The maximum atomic E-state index is 11.5. The van der Waals surface area contributed by atoms with Gasteiger partial charge in [-0.2, -0.15) is 5.10 Å². The third kappa shape index (κ3) is 3.02.